The first-order valence-corrected chi connectivity index (χ1v) is 10.6. The van der Waals surface area contributed by atoms with Crippen LogP contribution in [0.2, 0.25) is 0 Å². The molecule has 1 aliphatic carbocycles. The fraction of sp³-hybridized carbons (Fsp3) is 0.471. The minimum Gasteiger partial charge on any atom is -0.358 e. The predicted molar refractivity (Wildman–Crippen MR) is 108 cm³/mol. The second-order valence-electron chi connectivity index (χ2n) is 6.48. The van der Waals surface area contributed by atoms with Gasteiger partial charge in [-0.05, 0) is 41.9 Å². The van der Waals surface area contributed by atoms with Crippen LogP contribution in [0, 0.1) is 11.8 Å². The predicted octanol–water partition coefficient (Wildman–Crippen LogP) is 3.81. The van der Waals surface area contributed by atoms with Gasteiger partial charge in [-0.15, -0.1) is 11.3 Å². The van der Waals surface area contributed by atoms with Gasteiger partial charge in [0.15, 0.2) is 5.11 Å². The maximum Gasteiger partial charge on any atom is 0.289 e. The molecule has 1 aliphatic rings. The highest BCUT2D eigenvalue weighted by molar-refractivity contribution is 7.80. The van der Waals surface area contributed by atoms with E-state index in [0.29, 0.717) is 28.7 Å². The average molecular weight is 395 g/mol. The molecule has 3 rings (SSSR count). The standard InChI is InChI=1S/C17H22N4OS3/c1-10-4-3-5-13(11(10)2)19-17(23)21-20-15(22)14-9-25-16(18-14)12-6-7-24-8-12/h6-11,13H,3-5H2,1-2H3,(H,20,22)(H2,19,21,23)/t10-,11+,13-/m0/s1. The van der Waals surface area contributed by atoms with E-state index < -0.39 is 0 Å². The highest BCUT2D eigenvalue weighted by Crippen LogP contribution is 2.29. The maximum absolute atomic E-state index is 12.2. The zero-order valence-corrected chi connectivity index (χ0v) is 16.7. The minimum absolute atomic E-state index is 0.285. The van der Waals surface area contributed by atoms with Gasteiger partial charge in [-0.1, -0.05) is 26.7 Å². The largest absolute Gasteiger partial charge is 0.358 e. The molecule has 2 aromatic heterocycles. The van der Waals surface area contributed by atoms with Gasteiger partial charge in [0.1, 0.15) is 10.7 Å². The van der Waals surface area contributed by atoms with Crippen molar-refractivity contribution in [3.05, 3.63) is 27.9 Å². The second kappa shape index (κ2) is 8.25. The molecule has 0 radical (unpaired) electrons. The Labute approximate surface area is 161 Å². The average Bonchev–Trinajstić information content (AvgIpc) is 3.27. The summed E-state index contributed by atoms with van der Waals surface area (Å²) in [5, 5.41) is 10.4. The molecular formula is C17H22N4OS3. The van der Waals surface area contributed by atoms with E-state index in [1.165, 1.54) is 24.2 Å². The van der Waals surface area contributed by atoms with Gasteiger partial charge in [0.2, 0.25) is 0 Å². The van der Waals surface area contributed by atoms with Crippen LogP contribution in [-0.2, 0) is 0 Å². The van der Waals surface area contributed by atoms with E-state index in [4.69, 9.17) is 12.2 Å². The van der Waals surface area contributed by atoms with Crippen LogP contribution < -0.4 is 16.2 Å². The van der Waals surface area contributed by atoms with Crippen LogP contribution in [0.25, 0.3) is 10.6 Å². The molecule has 5 nitrogen and oxygen atoms in total. The summed E-state index contributed by atoms with van der Waals surface area (Å²) in [7, 11) is 0. The molecule has 3 atom stereocenters. The molecule has 0 saturated heterocycles. The molecule has 0 aromatic carbocycles. The number of thiocarbonyl (C=S) groups is 1. The van der Waals surface area contributed by atoms with Crippen molar-refractivity contribution >= 4 is 45.9 Å². The highest BCUT2D eigenvalue weighted by atomic mass is 32.1. The van der Waals surface area contributed by atoms with Crippen molar-refractivity contribution < 1.29 is 4.79 Å². The Balaban J connectivity index is 1.49. The Bertz CT molecular complexity index is 728. The molecule has 25 heavy (non-hydrogen) atoms. The maximum atomic E-state index is 12.2. The lowest BCUT2D eigenvalue weighted by Gasteiger charge is -2.35. The van der Waals surface area contributed by atoms with E-state index in [2.05, 4.69) is 35.0 Å². The normalized spacial score (nSPS) is 23.0. The van der Waals surface area contributed by atoms with Crippen LogP contribution in [0.15, 0.2) is 22.2 Å². The van der Waals surface area contributed by atoms with Crippen LogP contribution in [-0.4, -0.2) is 22.0 Å². The minimum atomic E-state index is -0.285. The van der Waals surface area contributed by atoms with Crippen LogP contribution in [0.4, 0.5) is 0 Å². The van der Waals surface area contributed by atoms with Crippen molar-refractivity contribution in [3.8, 4) is 10.6 Å². The van der Waals surface area contributed by atoms with Gasteiger partial charge in [-0.2, -0.15) is 11.3 Å². The fourth-order valence-corrected chi connectivity index (χ4v) is 4.78. The van der Waals surface area contributed by atoms with E-state index in [-0.39, 0.29) is 5.91 Å². The number of carbonyl (C=O) groups is 1. The van der Waals surface area contributed by atoms with Crippen LogP contribution in [0.3, 0.4) is 0 Å². The molecule has 2 aromatic rings. The molecule has 1 amide bonds. The van der Waals surface area contributed by atoms with Crippen LogP contribution in [0.1, 0.15) is 43.6 Å². The number of amides is 1. The summed E-state index contributed by atoms with van der Waals surface area (Å²) in [6.45, 7) is 4.54. The number of aromatic nitrogens is 1. The lowest BCUT2D eigenvalue weighted by Crippen LogP contribution is -2.52. The number of carbonyl (C=O) groups excluding carboxylic acids is 1. The van der Waals surface area contributed by atoms with Crippen molar-refractivity contribution in [2.75, 3.05) is 0 Å². The van der Waals surface area contributed by atoms with Crippen LogP contribution in [0.5, 0.6) is 0 Å². The zero-order valence-electron chi connectivity index (χ0n) is 14.2. The van der Waals surface area contributed by atoms with Crippen LogP contribution >= 0.6 is 34.9 Å². The van der Waals surface area contributed by atoms with E-state index in [0.717, 1.165) is 17.0 Å². The Morgan fingerprint density at radius 1 is 1.28 bits per heavy atom. The van der Waals surface area contributed by atoms with Crippen molar-refractivity contribution in [3.63, 3.8) is 0 Å². The van der Waals surface area contributed by atoms with E-state index >= 15 is 0 Å². The summed E-state index contributed by atoms with van der Waals surface area (Å²) in [6.07, 6.45) is 3.59. The van der Waals surface area contributed by atoms with Crippen molar-refractivity contribution in [1.82, 2.24) is 21.2 Å². The monoisotopic (exact) mass is 394 g/mol. The summed E-state index contributed by atoms with van der Waals surface area (Å²) in [4.78, 5) is 16.6. The first-order chi connectivity index (χ1) is 12.0. The van der Waals surface area contributed by atoms with Gasteiger partial charge >= 0.3 is 0 Å². The van der Waals surface area contributed by atoms with Gasteiger partial charge in [-0.25, -0.2) is 4.98 Å². The van der Waals surface area contributed by atoms with Gasteiger partial charge in [-0.3, -0.25) is 15.6 Å². The molecule has 3 N–H and O–H groups in total. The number of nitrogens with one attached hydrogen (secondary N) is 3. The van der Waals surface area contributed by atoms with E-state index in [1.807, 2.05) is 16.8 Å². The number of hydrazine groups is 1. The lowest BCUT2D eigenvalue weighted by atomic mass is 9.78. The molecule has 0 unspecified atom stereocenters. The third-order valence-electron chi connectivity index (χ3n) is 4.82. The number of hydrogen-bond donors (Lipinski definition) is 3. The molecule has 8 heteroatoms. The molecular weight excluding hydrogens is 372 g/mol. The van der Waals surface area contributed by atoms with Crippen molar-refractivity contribution in [1.29, 1.82) is 0 Å². The Hall–Kier alpha value is -1.51. The van der Waals surface area contributed by atoms with Crippen molar-refractivity contribution in [2.24, 2.45) is 11.8 Å². The Kier molecular flexibility index (Phi) is 6.03. The van der Waals surface area contributed by atoms with Gasteiger partial charge in [0, 0.05) is 22.4 Å². The number of thiazole rings is 1. The molecule has 134 valence electrons. The summed E-state index contributed by atoms with van der Waals surface area (Å²) in [5.74, 6) is 0.969. The third-order valence-corrected chi connectivity index (χ3v) is 6.61. The highest BCUT2D eigenvalue weighted by Gasteiger charge is 2.27. The Morgan fingerprint density at radius 3 is 2.88 bits per heavy atom. The van der Waals surface area contributed by atoms with E-state index in [9.17, 15) is 4.79 Å². The van der Waals surface area contributed by atoms with Gasteiger partial charge in [0.05, 0.1) is 0 Å². The zero-order chi connectivity index (χ0) is 17.8. The molecule has 2 heterocycles. The summed E-state index contributed by atoms with van der Waals surface area (Å²) in [6, 6.07) is 2.35. The molecule has 1 fully saturated rings. The lowest BCUT2D eigenvalue weighted by molar-refractivity contribution is 0.0939. The van der Waals surface area contributed by atoms with Crippen molar-refractivity contribution in [2.45, 2.75) is 39.2 Å². The van der Waals surface area contributed by atoms with Gasteiger partial charge < -0.3 is 5.32 Å². The quantitative estimate of drug-likeness (QED) is 0.546. The molecule has 1 saturated carbocycles. The molecule has 0 spiro atoms. The topological polar surface area (TPSA) is 66.0 Å². The molecule has 0 aliphatic heterocycles. The first-order valence-electron chi connectivity index (χ1n) is 8.39. The second-order valence-corrected chi connectivity index (χ2v) is 8.52. The number of thiophene rings is 1. The van der Waals surface area contributed by atoms with E-state index in [1.54, 1.807) is 16.7 Å². The third kappa shape index (κ3) is 4.56. The summed E-state index contributed by atoms with van der Waals surface area (Å²) >= 11 is 8.38. The summed E-state index contributed by atoms with van der Waals surface area (Å²) in [5.41, 5.74) is 6.85. The van der Waals surface area contributed by atoms with Gasteiger partial charge in [0.25, 0.3) is 5.91 Å². The molecule has 0 bridgehead atoms. The number of nitrogens with zero attached hydrogens (tertiary/aromatic N) is 1. The number of hydrogen-bond acceptors (Lipinski definition) is 5. The number of rotatable bonds is 3. The summed E-state index contributed by atoms with van der Waals surface area (Å²) < 4.78 is 0. The fourth-order valence-electron chi connectivity index (χ4n) is 3.06. The SMILES string of the molecule is C[C@H]1[C@@H](NC(=S)NNC(=O)c2csc(-c3ccsc3)n2)CCC[C@@H]1C. The smallest absolute Gasteiger partial charge is 0.289 e. The first kappa shape index (κ1) is 18.3. The Morgan fingerprint density at radius 2 is 2.12 bits per heavy atom.